The Morgan fingerprint density at radius 2 is 1.82 bits per heavy atom. The van der Waals surface area contributed by atoms with Gasteiger partial charge in [-0.25, -0.2) is 0 Å². The summed E-state index contributed by atoms with van der Waals surface area (Å²) < 4.78 is 0. The van der Waals surface area contributed by atoms with Gasteiger partial charge in [-0.15, -0.1) is 12.4 Å². The number of carboxylic acid groups (broad SMARTS) is 1. The maximum absolute atomic E-state index is 11.2. The summed E-state index contributed by atoms with van der Waals surface area (Å²) in [5, 5.41) is 12.5. The predicted molar refractivity (Wildman–Crippen MR) is 67.5 cm³/mol. The van der Waals surface area contributed by atoms with Crippen molar-refractivity contribution in [2.45, 2.75) is 18.3 Å². The van der Waals surface area contributed by atoms with Gasteiger partial charge in [0.25, 0.3) is 0 Å². The molecule has 2 bridgehead atoms. The van der Waals surface area contributed by atoms with E-state index in [0.29, 0.717) is 6.54 Å². The number of nitrogens with one attached hydrogen (secondary N) is 1. The molecule has 1 aromatic carbocycles. The van der Waals surface area contributed by atoms with Crippen LogP contribution in [0.4, 0.5) is 0 Å². The largest absolute Gasteiger partial charge is 0.481 e. The van der Waals surface area contributed by atoms with Crippen LogP contribution < -0.4 is 5.32 Å². The number of rotatable bonds is 2. The monoisotopic (exact) mass is 253 g/mol. The maximum Gasteiger partial charge on any atom is 0.310 e. The molecule has 2 aliphatic heterocycles. The number of piperidine rings is 2. The van der Waals surface area contributed by atoms with Gasteiger partial charge < -0.3 is 10.4 Å². The molecule has 1 aliphatic carbocycles. The average molecular weight is 254 g/mol. The Bertz CT molecular complexity index is 426. The first-order valence-electron chi connectivity index (χ1n) is 5.67. The lowest BCUT2D eigenvalue weighted by Gasteiger charge is -2.58. The van der Waals surface area contributed by atoms with Crippen molar-refractivity contribution in [3.05, 3.63) is 35.9 Å². The number of carbonyl (C=O) groups is 1. The molecule has 1 saturated carbocycles. The maximum atomic E-state index is 11.2. The van der Waals surface area contributed by atoms with Crippen molar-refractivity contribution in [3.8, 4) is 0 Å². The van der Waals surface area contributed by atoms with Crippen molar-refractivity contribution in [2.75, 3.05) is 13.1 Å². The minimum absolute atomic E-state index is 0. The molecule has 92 valence electrons. The van der Waals surface area contributed by atoms with Gasteiger partial charge in [0.2, 0.25) is 0 Å². The Balaban J connectivity index is 0.00000108. The van der Waals surface area contributed by atoms with E-state index in [1.54, 1.807) is 0 Å². The molecule has 0 aromatic heterocycles. The molecule has 2 saturated heterocycles. The Kier molecular flexibility index (Phi) is 2.92. The van der Waals surface area contributed by atoms with Crippen LogP contribution >= 0.6 is 12.4 Å². The first-order valence-corrected chi connectivity index (χ1v) is 5.67. The van der Waals surface area contributed by atoms with Crippen LogP contribution in [0.25, 0.3) is 0 Å². The Morgan fingerprint density at radius 1 is 1.18 bits per heavy atom. The summed E-state index contributed by atoms with van der Waals surface area (Å²) in [6.07, 6.45) is 1.57. The standard InChI is InChI=1S/C13H15NO2.ClH/c15-11(16)13-6-12(7-13,8-14-9-13)10-4-2-1-3-5-10;/h1-5,14H,6-9H2,(H,15,16);1H. The molecule has 0 unspecified atom stereocenters. The molecule has 0 atom stereocenters. The van der Waals surface area contributed by atoms with Gasteiger partial charge in [-0.2, -0.15) is 0 Å². The molecule has 2 heterocycles. The van der Waals surface area contributed by atoms with Crippen LogP contribution in [0.5, 0.6) is 0 Å². The highest BCUT2D eigenvalue weighted by Crippen LogP contribution is 2.57. The molecule has 0 amide bonds. The van der Waals surface area contributed by atoms with Gasteiger partial charge in [0.15, 0.2) is 0 Å². The molecular weight excluding hydrogens is 238 g/mol. The van der Waals surface area contributed by atoms with Crippen molar-refractivity contribution >= 4 is 18.4 Å². The number of fused-ring (bicyclic) bond motifs is 2. The summed E-state index contributed by atoms with van der Waals surface area (Å²) in [7, 11) is 0. The van der Waals surface area contributed by atoms with E-state index in [-0.39, 0.29) is 17.8 Å². The van der Waals surface area contributed by atoms with E-state index >= 15 is 0 Å². The first-order chi connectivity index (χ1) is 7.67. The molecule has 4 rings (SSSR count). The molecule has 4 heteroatoms. The SMILES string of the molecule is Cl.O=C(O)C12CNCC(c3ccccc3)(C1)C2. The van der Waals surface area contributed by atoms with Crippen LogP contribution in [0.3, 0.4) is 0 Å². The highest BCUT2D eigenvalue weighted by atomic mass is 35.5. The number of hydrogen-bond acceptors (Lipinski definition) is 2. The van der Waals surface area contributed by atoms with Gasteiger partial charge in [0.1, 0.15) is 0 Å². The Labute approximate surface area is 107 Å². The molecule has 0 radical (unpaired) electrons. The summed E-state index contributed by atoms with van der Waals surface area (Å²) in [6.45, 7) is 1.53. The first kappa shape index (κ1) is 12.4. The molecular formula is C13H16ClNO2. The second-order valence-electron chi connectivity index (χ2n) is 5.19. The predicted octanol–water partition coefficient (Wildman–Crippen LogP) is 1.81. The van der Waals surface area contributed by atoms with Crippen molar-refractivity contribution in [1.82, 2.24) is 5.32 Å². The number of halogens is 1. The second-order valence-corrected chi connectivity index (χ2v) is 5.19. The highest BCUT2D eigenvalue weighted by molar-refractivity contribution is 5.85. The Hall–Kier alpha value is -1.06. The summed E-state index contributed by atoms with van der Waals surface area (Å²) in [5.74, 6) is -0.647. The number of benzene rings is 1. The van der Waals surface area contributed by atoms with Crippen LogP contribution in [0.2, 0.25) is 0 Å². The minimum Gasteiger partial charge on any atom is -0.481 e. The van der Waals surface area contributed by atoms with Gasteiger partial charge in [0.05, 0.1) is 5.41 Å². The number of carboxylic acids is 1. The van der Waals surface area contributed by atoms with E-state index in [2.05, 4.69) is 17.4 Å². The van der Waals surface area contributed by atoms with Crippen LogP contribution in [0, 0.1) is 5.41 Å². The third-order valence-electron chi connectivity index (χ3n) is 4.12. The highest BCUT2D eigenvalue weighted by Gasteiger charge is 2.61. The van der Waals surface area contributed by atoms with Crippen molar-refractivity contribution in [1.29, 1.82) is 0 Å². The zero-order valence-electron chi connectivity index (χ0n) is 9.48. The van der Waals surface area contributed by atoms with E-state index in [4.69, 9.17) is 0 Å². The normalized spacial score (nSPS) is 34.4. The van der Waals surface area contributed by atoms with E-state index in [1.807, 2.05) is 18.2 Å². The summed E-state index contributed by atoms with van der Waals surface area (Å²) >= 11 is 0. The number of hydrogen-bond donors (Lipinski definition) is 2. The van der Waals surface area contributed by atoms with Gasteiger partial charge in [0, 0.05) is 18.5 Å². The average Bonchev–Trinajstić information content (AvgIpc) is 2.29. The number of aliphatic carboxylic acids is 1. The molecule has 2 N–H and O–H groups in total. The molecule has 3 aliphatic rings. The van der Waals surface area contributed by atoms with Gasteiger partial charge in [-0.05, 0) is 18.4 Å². The van der Waals surface area contributed by atoms with Crippen molar-refractivity contribution in [3.63, 3.8) is 0 Å². The third-order valence-corrected chi connectivity index (χ3v) is 4.12. The molecule has 3 fully saturated rings. The molecule has 3 nitrogen and oxygen atoms in total. The lowest BCUT2D eigenvalue weighted by molar-refractivity contribution is -0.163. The second kappa shape index (κ2) is 4.00. The van der Waals surface area contributed by atoms with E-state index in [1.165, 1.54) is 5.56 Å². The van der Waals surface area contributed by atoms with E-state index < -0.39 is 11.4 Å². The lowest BCUT2D eigenvalue weighted by atomic mass is 9.48. The fraction of sp³-hybridized carbons (Fsp3) is 0.462. The van der Waals surface area contributed by atoms with Gasteiger partial charge in [-0.3, -0.25) is 4.79 Å². The van der Waals surface area contributed by atoms with Crippen molar-refractivity contribution in [2.24, 2.45) is 5.41 Å². The van der Waals surface area contributed by atoms with Gasteiger partial charge in [-0.1, -0.05) is 30.3 Å². The summed E-state index contributed by atoms with van der Waals surface area (Å²) in [6, 6.07) is 10.3. The topological polar surface area (TPSA) is 49.3 Å². The third kappa shape index (κ3) is 1.65. The fourth-order valence-electron chi connectivity index (χ4n) is 3.36. The Morgan fingerprint density at radius 3 is 2.41 bits per heavy atom. The van der Waals surface area contributed by atoms with Gasteiger partial charge >= 0.3 is 5.97 Å². The van der Waals surface area contributed by atoms with E-state index in [0.717, 1.165) is 19.4 Å². The summed E-state index contributed by atoms with van der Waals surface area (Å²) in [5.41, 5.74) is 0.838. The zero-order chi connectivity index (χ0) is 11.2. The van der Waals surface area contributed by atoms with E-state index in [9.17, 15) is 9.90 Å². The van der Waals surface area contributed by atoms with Crippen LogP contribution in [0.1, 0.15) is 18.4 Å². The van der Waals surface area contributed by atoms with Crippen LogP contribution in [0.15, 0.2) is 30.3 Å². The molecule has 17 heavy (non-hydrogen) atoms. The molecule has 0 spiro atoms. The van der Waals surface area contributed by atoms with Crippen LogP contribution in [-0.4, -0.2) is 24.2 Å². The lowest BCUT2D eigenvalue weighted by Crippen LogP contribution is -2.67. The smallest absolute Gasteiger partial charge is 0.310 e. The summed E-state index contributed by atoms with van der Waals surface area (Å²) in [4.78, 5) is 11.2. The quantitative estimate of drug-likeness (QED) is 0.845. The van der Waals surface area contributed by atoms with Crippen molar-refractivity contribution < 1.29 is 9.90 Å². The van der Waals surface area contributed by atoms with Crippen LogP contribution in [-0.2, 0) is 10.2 Å². The fourth-order valence-corrected chi connectivity index (χ4v) is 3.36. The molecule has 1 aromatic rings. The minimum atomic E-state index is -0.647. The zero-order valence-corrected chi connectivity index (χ0v) is 10.3.